The Kier molecular flexibility index (Phi) is 4.50. The quantitative estimate of drug-likeness (QED) is 0.740. The molecule has 0 aliphatic carbocycles. The molecule has 0 amide bonds. The van der Waals surface area contributed by atoms with Crippen molar-refractivity contribution in [2.75, 3.05) is 0 Å². The van der Waals surface area contributed by atoms with Crippen molar-refractivity contribution < 1.29 is 9.90 Å². The third-order valence-corrected chi connectivity index (χ3v) is 3.12. The average molecular weight is 297 g/mol. The number of aromatic carboxylic acids is 1. The average Bonchev–Trinajstić information content (AvgIpc) is 2.81. The number of rotatable bonds is 2. The normalized spacial score (nSPS) is 10.2. The summed E-state index contributed by atoms with van der Waals surface area (Å²) >= 11 is 5.97. The van der Waals surface area contributed by atoms with Gasteiger partial charge in [-0.2, -0.15) is 0 Å². The molecule has 3 rings (SSSR count). The third kappa shape index (κ3) is 2.74. The number of carboxylic acids is 1. The van der Waals surface area contributed by atoms with Gasteiger partial charge in [-0.3, -0.25) is 4.40 Å². The number of nitrogens with zero attached hydrogens (tertiary/aromatic N) is 2. The van der Waals surface area contributed by atoms with Gasteiger partial charge >= 0.3 is 35.5 Å². The number of imidazole rings is 1. The summed E-state index contributed by atoms with van der Waals surface area (Å²) in [5.74, 6) is -0.963. The molecule has 6 heteroatoms. The molecular formula is C14H10ClN2NaO2. The van der Waals surface area contributed by atoms with Crippen molar-refractivity contribution in [1.82, 2.24) is 9.38 Å². The van der Waals surface area contributed by atoms with Crippen LogP contribution in [0.4, 0.5) is 0 Å². The van der Waals surface area contributed by atoms with Crippen molar-refractivity contribution in [3.63, 3.8) is 0 Å². The van der Waals surface area contributed by atoms with Crippen molar-refractivity contribution >= 4 is 52.8 Å². The number of benzene rings is 1. The van der Waals surface area contributed by atoms with Gasteiger partial charge in [-0.15, -0.1) is 0 Å². The molecule has 2 aromatic heterocycles. The number of halogens is 1. The van der Waals surface area contributed by atoms with Crippen LogP contribution >= 0.6 is 11.6 Å². The molecule has 0 aliphatic rings. The standard InChI is InChI=1S/C14H9ClN2O2.Na.H/c15-11-3-1-2-9(6-11)12-8-16-13-7-10(14(18)19)4-5-17(12)13;;/h1-8H,(H,18,19);;. The maximum absolute atomic E-state index is 10.9. The molecule has 96 valence electrons. The molecular weight excluding hydrogens is 287 g/mol. The van der Waals surface area contributed by atoms with Crippen LogP contribution in [0.1, 0.15) is 10.4 Å². The molecule has 0 saturated heterocycles. The van der Waals surface area contributed by atoms with Crippen molar-refractivity contribution in [3.8, 4) is 11.3 Å². The number of fused-ring (bicyclic) bond motifs is 1. The number of pyridine rings is 1. The Hall–Kier alpha value is -1.33. The van der Waals surface area contributed by atoms with Gasteiger partial charge in [0, 0.05) is 16.8 Å². The number of carboxylic acid groups (broad SMARTS) is 1. The maximum atomic E-state index is 10.9. The second-order valence-electron chi connectivity index (χ2n) is 4.10. The minimum absolute atomic E-state index is 0. The predicted octanol–water partition coefficient (Wildman–Crippen LogP) is 2.70. The fourth-order valence-electron chi connectivity index (χ4n) is 1.98. The Morgan fingerprint density at radius 1 is 1.25 bits per heavy atom. The zero-order valence-electron chi connectivity index (χ0n) is 9.75. The van der Waals surface area contributed by atoms with Crippen LogP contribution in [0.5, 0.6) is 0 Å². The zero-order chi connectivity index (χ0) is 13.4. The molecule has 0 radical (unpaired) electrons. The van der Waals surface area contributed by atoms with Gasteiger partial charge in [0.2, 0.25) is 0 Å². The molecule has 0 atom stereocenters. The van der Waals surface area contributed by atoms with Crippen LogP contribution in [-0.2, 0) is 0 Å². The van der Waals surface area contributed by atoms with Gasteiger partial charge in [0.25, 0.3) is 0 Å². The van der Waals surface area contributed by atoms with E-state index in [9.17, 15) is 4.79 Å². The second-order valence-corrected chi connectivity index (χ2v) is 4.54. The first-order chi connectivity index (χ1) is 9.15. The van der Waals surface area contributed by atoms with Gasteiger partial charge in [0.15, 0.2) is 0 Å². The predicted molar refractivity (Wildman–Crippen MR) is 79.7 cm³/mol. The van der Waals surface area contributed by atoms with Gasteiger partial charge in [-0.05, 0) is 24.3 Å². The topological polar surface area (TPSA) is 54.6 Å². The fraction of sp³-hybridized carbons (Fsp3) is 0. The van der Waals surface area contributed by atoms with E-state index in [4.69, 9.17) is 16.7 Å². The van der Waals surface area contributed by atoms with Gasteiger partial charge < -0.3 is 5.11 Å². The van der Waals surface area contributed by atoms with E-state index in [1.165, 1.54) is 6.07 Å². The van der Waals surface area contributed by atoms with E-state index >= 15 is 0 Å². The molecule has 1 aromatic carbocycles. The zero-order valence-corrected chi connectivity index (χ0v) is 10.5. The summed E-state index contributed by atoms with van der Waals surface area (Å²) in [6.07, 6.45) is 3.40. The Morgan fingerprint density at radius 3 is 2.75 bits per heavy atom. The van der Waals surface area contributed by atoms with Crippen LogP contribution in [-0.4, -0.2) is 50.0 Å². The van der Waals surface area contributed by atoms with E-state index in [0.717, 1.165) is 11.3 Å². The van der Waals surface area contributed by atoms with E-state index in [1.54, 1.807) is 24.5 Å². The van der Waals surface area contributed by atoms with Gasteiger partial charge in [-0.25, -0.2) is 9.78 Å². The van der Waals surface area contributed by atoms with Crippen molar-refractivity contribution in [3.05, 3.63) is 59.4 Å². The molecule has 0 spiro atoms. The van der Waals surface area contributed by atoms with Crippen LogP contribution in [0.3, 0.4) is 0 Å². The van der Waals surface area contributed by atoms with E-state index in [2.05, 4.69) is 4.98 Å². The molecule has 0 bridgehead atoms. The van der Waals surface area contributed by atoms with Crippen molar-refractivity contribution in [1.29, 1.82) is 0 Å². The third-order valence-electron chi connectivity index (χ3n) is 2.88. The van der Waals surface area contributed by atoms with Crippen LogP contribution in [0.2, 0.25) is 5.02 Å². The summed E-state index contributed by atoms with van der Waals surface area (Å²) in [6.45, 7) is 0. The van der Waals surface area contributed by atoms with E-state index in [0.29, 0.717) is 10.7 Å². The summed E-state index contributed by atoms with van der Waals surface area (Å²) < 4.78 is 1.83. The molecule has 20 heavy (non-hydrogen) atoms. The van der Waals surface area contributed by atoms with Crippen molar-refractivity contribution in [2.45, 2.75) is 0 Å². The summed E-state index contributed by atoms with van der Waals surface area (Å²) in [4.78, 5) is 15.1. The molecule has 0 aliphatic heterocycles. The first-order valence-corrected chi connectivity index (χ1v) is 5.99. The monoisotopic (exact) mass is 296 g/mol. The van der Waals surface area contributed by atoms with Crippen LogP contribution < -0.4 is 0 Å². The molecule has 0 fully saturated rings. The Morgan fingerprint density at radius 2 is 2.05 bits per heavy atom. The Bertz CT molecular complexity index is 786. The molecule has 4 nitrogen and oxygen atoms in total. The SMILES string of the molecule is O=C(O)c1ccn2c(-c3cccc(Cl)c3)cnc2c1.[NaH]. The molecule has 1 N–H and O–H groups in total. The molecule has 3 aromatic rings. The molecule has 2 heterocycles. The summed E-state index contributed by atoms with van der Waals surface area (Å²) in [6, 6.07) is 10.5. The van der Waals surface area contributed by atoms with Crippen LogP contribution in [0.15, 0.2) is 48.8 Å². The second kappa shape index (κ2) is 5.97. The minimum atomic E-state index is -0.963. The van der Waals surface area contributed by atoms with Crippen molar-refractivity contribution in [2.24, 2.45) is 0 Å². The Balaban J connectivity index is 0.00000147. The fourth-order valence-corrected chi connectivity index (χ4v) is 2.17. The number of aromatic nitrogens is 2. The van der Waals surface area contributed by atoms with Crippen LogP contribution in [0.25, 0.3) is 16.9 Å². The summed E-state index contributed by atoms with van der Waals surface area (Å²) in [7, 11) is 0. The summed E-state index contributed by atoms with van der Waals surface area (Å²) in [5, 5.41) is 9.60. The van der Waals surface area contributed by atoms with E-state index in [-0.39, 0.29) is 35.1 Å². The van der Waals surface area contributed by atoms with E-state index < -0.39 is 5.97 Å². The summed E-state index contributed by atoms with van der Waals surface area (Å²) in [5.41, 5.74) is 2.61. The number of carbonyl (C=O) groups is 1. The first kappa shape index (κ1) is 15.1. The molecule has 0 unspecified atom stereocenters. The first-order valence-electron chi connectivity index (χ1n) is 5.61. The Labute approximate surface area is 142 Å². The van der Waals surface area contributed by atoms with Gasteiger partial charge in [0.1, 0.15) is 5.65 Å². The van der Waals surface area contributed by atoms with Crippen LogP contribution in [0, 0.1) is 0 Å². The van der Waals surface area contributed by atoms with Gasteiger partial charge in [0.05, 0.1) is 17.5 Å². The van der Waals surface area contributed by atoms with Gasteiger partial charge in [-0.1, -0.05) is 23.7 Å². The molecule has 0 saturated carbocycles. The van der Waals surface area contributed by atoms with E-state index in [1.807, 2.05) is 22.6 Å². The number of hydrogen-bond acceptors (Lipinski definition) is 2. The number of hydrogen-bond donors (Lipinski definition) is 1.